The topological polar surface area (TPSA) is 38.9 Å². The molecule has 2 N–H and O–H groups in total. The highest BCUT2D eigenvalue weighted by molar-refractivity contribution is 5.85. The minimum Gasteiger partial charge on any atom is -0.322 e. The summed E-state index contributed by atoms with van der Waals surface area (Å²) in [4.78, 5) is 4.91. The van der Waals surface area contributed by atoms with Crippen LogP contribution in [-0.2, 0) is 24.8 Å². The first-order chi connectivity index (χ1) is 9.50. The Bertz CT molecular complexity index is 650. The minimum atomic E-state index is -0.311. The predicted octanol–water partition coefficient (Wildman–Crippen LogP) is 3.87. The van der Waals surface area contributed by atoms with Gasteiger partial charge in [-0.3, -0.25) is 4.98 Å². The third-order valence-corrected chi connectivity index (χ3v) is 4.38. The molecule has 0 atom stereocenters. The molecule has 20 heavy (non-hydrogen) atoms. The second kappa shape index (κ2) is 4.85. The Morgan fingerprint density at radius 2 is 1.95 bits per heavy atom. The molecule has 0 saturated carbocycles. The summed E-state index contributed by atoms with van der Waals surface area (Å²) in [7, 11) is 0. The fourth-order valence-corrected chi connectivity index (χ4v) is 3.43. The van der Waals surface area contributed by atoms with E-state index in [2.05, 4.69) is 39.0 Å². The van der Waals surface area contributed by atoms with Gasteiger partial charge in [-0.1, -0.05) is 13.0 Å². The van der Waals surface area contributed by atoms with E-state index in [0.29, 0.717) is 0 Å². The number of nitrogens with two attached hydrogens (primary N) is 1. The van der Waals surface area contributed by atoms with E-state index in [1.165, 1.54) is 40.6 Å². The van der Waals surface area contributed by atoms with E-state index < -0.39 is 0 Å². The van der Waals surface area contributed by atoms with Crippen molar-refractivity contribution in [3.05, 3.63) is 40.6 Å². The standard InChI is InChI=1S/C18H24N2/c1-4-12-9-10-16-14(11-12)17(18(2,3)19)13-7-5-6-8-15(13)20-16/h9-11H,4-8,19H2,1-3H3. The van der Waals surface area contributed by atoms with Gasteiger partial charge in [-0.2, -0.15) is 0 Å². The Morgan fingerprint density at radius 3 is 2.65 bits per heavy atom. The average molecular weight is 268 g/mol. The molecule has 1 aliphatic rings. The van der Waals surface area contributed by atoms with Crippen LogP contribution in [0.5, 0.6) is 0 Å². The maximum atomic E-state index is 6.51. The van der Waals surface area contributed by atoms with E-state index in [0.717, 1.165) is 24.8 Å². The molecule has 0 radical (unpaired) electrons. The van der Waals surface area contributed by atoms with Gasteiger partial charge in [-0.25, -0.2) is 0 Å². The molecule has 2 heteroatoms. The highest BCUT2D eigenvalue weighted by atomic mass is 14.8. The lowest BCUT2D eigenvalue weighted by Crippen LogP contribution is -2.32. The lowest BCUT2D eigenvalue weighted by Gasteiger charge is -2.29. The summed E-state index contributed by atoms with van der Waals surface area (Å²) in [6.45, 7) is 6.44. The third-order valence-electron chi connectivity index (χ3n) is 4.38. The van der Waals surface area contributed by atoms with Crippen LogP contribution in [-0.4, -0.2) is 4.98 Å². The fraction of sp³-hybridized carbons (Fsp3) is 0.500. The Balaban J connectivity index is 2.38. The summed E-state index contributed by atoms with van der Waals surface area (Å²) in [5.41, 5.74) is 12.7. The van der Waals surface area contributed by atoms with Gasteiger partial charge in [-0.05, 0) is 74.8 Å². The zero-order valence-electron chi connectivity index (χ0n) is 12.8. The van der Waals surface area contributed by atoms with Gasteiger partial charge in [0.15, 0.2) is 0 Å². The summed E-state index contributed by atoms with van der Waals surface area (Å²) in [6.07, 6.45) is 5.80. The normalized spacial score (nSPS) is 15.4. The van der Waals surface area contributed by atoms with Gasteiger partial charge in [0.1, 0.15) is 0 Å². The Morgan fingerprint density at radius 1 is 1.20 bits per heavy atom. The van der Waals surface area contributed by atoms with Crippen molar-refractivity contribution in [2.24, 2.45) is 5.73 Å². The quantitative estimate of drug-likeness (QED) is 0.898. The Labute approximate surface area is 121 Å². The Hall–Kier alpha value is -1.41. The number of nitrogens with zero attached hydrogens (tertiary/aromatic N) is 1. The number of hydrogen-bond donors (Lipinski definition) is 1. The van der Waals surface area contributed by atoms with E-state index in [1.807, 2.05) is 0 Å². The number of fused-ring (bicyclic) bond motifs is 2. The summed E-state index contributed by atoms with van der Waals surface area (Å²) >= 11 is 0. The van der Waals surface area contributed by atoms with E-state index in [-0.39, 0.29) is 5.54 Å². The molecule has 0 aliphatic heterocycles. The molecule has 1 heterocycles. The number of aromatic nitrogens is 1. The SMILES string of the molecule is CCc1ccc2nc3c(c(C(C)(C)N)c2c1)CCCC3. The summed E-state index contributed by atoms with van der Waals surface area (Å²) in [5.74, 6) is 0. The molecule has 1 aliphatic carbocycles. The molecule has 2 aromatic rings. The van der Waals surface area contributed by atoms with Crippen LogP contribution in [0.2, 0.25) is 0 Å². The molecule has 3 rings (SSSR count). The molecule has 1 aromatic carbocycles. The van der Waals surface area contributed by atoms with Crippen molar-refractivity contribution >= 4 is 10.9 Å². The number of benzene rings is 1. The van der Waals surface area contributed by atoms with Crippen molar-refractivity contribution in [2.75, 3.05) is 0 Å². The van der Waals surface area contributed by atoms with E-state index in [4.69, 9.17) is 10.7 Å². The van der Waals surface area contributed by atoms with Crippen molar-refractivity contribution in [1.82, 2.24) is 4.98 Å². The molecular weight excluding hydrogens is 244 g/mol. The lowest BCUT2D eigenvalue weighted by molar-refractivity contribution is 0.541. The molecule has 0 unspecified atom stereocenters. The first-order valence-electron chi connectivity index (χ1n) is 7.74. The van der Waals surface area contributed by atoms with E-state index in [1.54, 1.807) is 0 Å². The highest BCUT2D eigenvalue weighted by Crippen LogP contribution is 2.35. The smallest absolute Gasteiger partial charge is 0.0709 e. The first kappa shape index (κ1) is 13.6. The van der Waals surface area contributed by atoms with Gasteiger partial charge in [0.25, 0.3) is 0 Å². The highest BCUT2D eigenvalue weighted by Gasteiger charge is 2.26. The first-order valence-corrected chi connectivity index (χ1v) is 7.74. The van der Waals surface area contributed by atoms with Crippen LogP contribution in [0.1, 0.15) is 56.0 Å². The molecule has 0 fully saturated rings. The maximum Gasteiger partial charge on any atom is 0.0709 e. The van der Waals surface area contributed by atoms with Crippen LogP contribution < -0.4 is 5.73 Å². The van der Waals surface area contributed by atoms with Crippen LogP contribution >= 0.6 is 0 Å². The van der Waals surface area contributed by atoms with Crippen LogP contribution in [0.15, 0.2) is 18.2 Å². The van der Waals surface area contributed by atoms with E-state index in [9.17, 15) is 0 Å². The summed E-state index contributed by atoms with van der Waals surface area (Å²) in [6, 6.07) is 6.65. The molecule has 0 spiro atoms. The van der Waals surface area contributed by atoms with Crippen LogP contribution in [0.3, 0.4) is 0 Å². The minimum absolute atomic E-state index is 0.311. The van der Waals surface area contributed by atoms with Gasteiger partial charge in [0, 0.05) is 16.6 Å². The average Bonchev–Trinajstić information content (AvgIpc) is 2.42. The van der Waals surface area contributed by atoms with E-state index >= 15 is 0 Å². The predicted molar refractivity (Wildman–Crippen MR) is 85.0 cm³/mol. The van der Waals surface area contributed by atoms with Gasteiger partial charge < -0.3 is 5.73 Å². The van der Waals surface area contributed by atoms with Crippen molar-refractivity contribution in [1.29, 1.82) is 0 Å². The second-order valence-electron chi connectivity index (χ2n) is 6.55. The van der Waals surface area contributed by atoms with Crippen LogP contribution in [0, 0.1) is 0 Å². The lowest BCUT2D eigenvalue weighted by atomic mass is 9.81. The fourth-order valence-electron chi connectivity index (χ4n) is 3.43. The van der Waals surface area contributed by atoms with Crippen molar-refractivity contribution < 1.29 is 0 Å². The van der Waals surface area contributed by atoms with Gasteiger partial charge in [-0.15, -0.1) is 0 Å². The summed E-state index contributed by atoms with van der Waals surface area (Å²) in [5, 5.41) is 1.26. The second-order valence-corrected chi connectivity index (χ2v) is 6.55. The molecular formula is C18H24N2. The molecule has 1 aromatic heterocycles. The molecule has 106 valence electrons. The molecule has 0 bridgehead atoms. The third kappa shape index (κ3) is 2.22. The maximum absolute atomic E-state index is 6.51. The molecule has 0 amide bonds. The number of aryl methyl sites for hydroxylation is 2. The summed E-state index contributed by atoms with van der Waals surface area (Å²) < 4.78 is 0. The van der Waals surface area contributed by atoms with Crippen LogP contribution in [0.25, 0.3) is 10.9 Å². The number of pyridine rings is 1. The largest absolute Gasteiger partial charge is 0.322 e. The zero-order chi connectivity index (χ0) is 14.3. The van der Waals surface area contributed by atoms with Crippen molar-refractivity contribution in [2.45, 2.75) is 58.4 Å². The molecule has 2 nitrogen and oxygen atoms in total. The number of hydrogen-bond acceptors (Lipinski definition) is 2. The monoisotopic (exact) mass is 268 g/mol. The van der Waals surface area contributed by atoms with Gasteiger partial charge >= 0.3 is 0 Å². The Kier molecular flexibility index (Phi) is 3.29. The van der Waals surface area contributed by atoms with Crippen molar-refractivity contribution in [3.8, 4) is 0 Å². The van der Waals surface area contributed by atoms with Gasteiger partial charge in [0.05, 0.1) is 5.52 Å². The number of rotatable bonds is 2. The zero-order valence-corrected chi connectivity index (χ0v) is 12.8. The van der Waals surface area contributed by atoms with Crippen molar-refractivity contribution in [3.63, 3.8) is 0 Å². The van der Waals surface area contributed by atoms with Crippen LogP contribution in [0.4, 0.5) is 0 Å². The van der Waals surface area contributed by atoms with Gasteiger partial charge in [0.2, 0.25) is 0 Å². The molecule has 0 saturated heterocycles.